The number of carboxylic acids is 1. The first kappa shape index (κ1) is 9.57. The van der Waals surface area contributed by atoms with Crippen molar-refractivity contribution >= 4 is 12.1 Å². The third kappa shape index (κ3) is 1.99. The summed E-state index contributed by atoms with van der Waals surface area (Å²) in [6.45, 7) is 1.73. The maximum Gasteiger partial charge on any atom is 0.407 e. The van der Waals surface area contributed by atoms with Gasteiger partial charge in [-0.1, -0.05) is 6.08 Å². The van der Waals surface area contributed by atoms with Gasteiger partial charge in [-0.15, -0.1) is 0 Å². The summed E-state index contributed by atoms with van der Waals surface area (Å²) in [7, 11) is 0. The molecule has 5 nitrogen and oxygen atoms in total. The molecule has 0 fully saturated rings. The third-order valence-corrected chi connectivity index (χ3v) is 2.10. The molecule has 0 aromatic rings. The molecule has 0 saturated carbocycles. The van der Waals surface area contributed by atoms with Crippen molar-refractivity contribution in [3.8, 4) is 0 Å². The first-order chi connectivity index (χ1) is 6.02. The van der Waals surface area contributed by atoms with E-state index in [1.807, 2.05) is 0 Å². The SMILES string of the molecule is C[C@H]1CC=C(C(=O)O)CN1C(=O)O. The van der Waals surface area contributed by atoms with E-state index in [2.05, 4.69) is 0 Å². The lowest BCUT2D eigenvalue weighted by Gasteiger charge is -2.29. The lowest BCUT2D eigenvalue weighted by atomic mass is 10.0. The molecule has 1 aliphatic heterocycles. The molecule has 1 aliphatic rings. The minimum atomic E-state index is -1.07. The molecule has 1 rings (SSSR count). The molecule has 0 aromatic heterocycles. The van der Waals surface area contributed by atoms with E-state index in [0.29, 0.717) is 6.42 Å². The van der Waals surface area contributed by atoms with Gasteiger partial charge in [0.25, 0.3) is 0 Å². The lowest BCUT2D eigenvalue weighted by molar-refractivity contribution is -0.133. The van der Waals surface area contributed by atoms with Crippen molar-refractivity contribution in [1.29, 1.82) is 0 Å². The molecule has 1 heterocycles. The molecule has 0 unspecified atom stereocenters. The predicted molar refractivity (Wildman–Crippen MR) is 44.5 cm³/mol. The molecule has 0 radical (unpaired) electrons. The van der Waals surface area contributed by atoms with E-state index in [-0.39, 0.29) is 18.2 Å². The number of hydrogen-bond acceptors (Lipinski definition) is 2. The van der Waals surface area contributed by atoms with Crippen molar-refractivity contribution in [2.24, 2.45) is 0 Å². The molecule has 13 heavy (non-hydrogen) atoms. The standard InChI is InChI=1S/C8H11NO4/c1-5-2-3-6(7(10)11)4-9(5)8(12)13/h3,5H,2,4H2,1H3,(H,10,11)(H,12,13)/t5-/m0/s1. The van der Waals surface area contributed by atoms with Crippen molar-refractivity contribution in [3.63, 3.8) is 0 Å². The van der Waals surface area contributed by atoms with Gasteiger partial charge in [0.1, 0.15) is 0 Å². The number of hydrogen-bond donors (Lipinski definition) is 2. The highest BCUT2D eigenvalue weighted by Crippen LogP contribution is 2.16. The average Bonchev–Trinajstić information content (AvgIpc) is 2.04. The van der Waals surface area contributed by atoms with Crippen LogP contribution in [-0.2, 0) is 4.79 Å². The van der Waals surface area contributed by atoms with Crippen LogP contribution in [0.15, 0.2) is 11.6 Å². The van der Waals surface area contributed by atoms with E-state index < -0.39 is 12.1 Å². The normalized spacial score (nSPS) is 22.4. The van der Waals surface area contributed by atoms with Crippen LogP contribution >= 0.6 is 0 Å². The third-order valence-electron chi connectivity index (χ3n) is 2.10. The Morgan fingerprint density at radius 2 is 2.15 bits per heavy atom. The topological polar surface area (TPSA) is 77.8 Å². The second-order valence-electron chi connectivity index (χ2n) is 3.03. The maximum absolute atomic E-state index is 10.6. The monoisotopic (exact) mass is 185 g/mol. The minimum Gasteiger partial charge on any atom is -0.478 e. The van der Waals surface area contributed by atoms with Crippen LogP contribution in [0.4, 0.5) is 4.79 Å². The number of nitrogens with zero attached hydrogens (tertiary/aromatic N) is 1. The smallest absolute Gasteiger partial charge is 0.407 e. The fraction of sp³-hybridized carbons (Fsp3) is 0.500. The number of carboxylic acid groups (broad SMARTS) is 2. The number of rotatable bonds is 1. The van der Waals surface area contributed by atoms with Crippen molar-refractivity contribution in [2.75, 3.05) is 6.54 Å². The highest BCUT2D eigenvalue weighted by Gasteiger charge is 2.26. The summed E-state index contributed by atoms with van der Waals surface area (Å²) in [6, 6.07) is -0.138. The molecule has 0 saturated heterocycles. The van der Waals surface area contributed by atoms with Crippen LogP contribution in [0.1, 0.15) is 13.3 Å². The first-order valence-corrected chi connectivity index (χ1v) is 3.94. The Bertz CT molecular complexity index is 271. The Labute approximate surface area is 75.3 Å². The van der Waals surface area contributed by atoms with Gasteiger partial charge in [0.15, 0.2) is 0 Å². The average molecular weight is 185 g/mol. The summed E-state index contributed by atoms with van der Waals surface area (Å²) >= 11 is 0. The summed E-state index contributed by atoms with van der Waals surface area (Å²) in [5.41, 5.74) is 0.153. The fourth-order valence-electron chi connectivity index (χ4n) is 1.26. The summed E-state index contributed by atoms with van der Waals surface area (Å²) in [6.07, 6.45) is 0.972. The van der Waals surface area contributed by atoms with E-state index in [1.165, 1.54) is 0 Å². The van der Waals surface area contributed by atoms with Gasteiger partial charge in [0, 0.05) is 6.04 Å². The highest BCUT2D eigenvalue weighted by molar-refractivity contribution is 5.88. The Hall–Kier alpha value is -1.52. The lowest BCUT2D eigenvalue weighted by Crippen LogP contribution is -2.42. The second-order valence-corrected chi connectivity index (χ2v) is 3.03. The van der Waals surface area contributed by atoms with Gasteiger partial charge in [-0.05, 0) is 13.3 Å². The summed E-state index contributed by atoms with van der Waals surface area (Å²) < 4.78 is 0. The second kappa shape index (κ2) is 3.47. The van der Waals surface area contributed by atoms with Gasteiger partial charge in [-0.25, -0.2) is 9.59 Å². The molecule has 0 aliphatic carbocycles. The van der Waals surface area contributed by atoms with Crippen LogP contribution in [-0.4, -0.2) is 39.8 Å². The molecule has 72 valence electrons. The number of carbonyl (C=O) groups is 2. The molecule has 2 N–H and O–H groups in total. The van der Waals surface area contributed by atoms with Crippen LogP contribution < -0.4 is 0 Å². The Morgan fingerprint density at radius 3 is 2.62 bits per heavy atom. The molecular formula is C8H11NO4. The summed E-state index contributed by atoms with van der Waals surface area (Å²) in [5.74, 6) is -1.04. The van der Waals surface area contributed by atoms with Crippen molar-refractivity contribution in [2.45, 2.75) is 19.4 Å². The van der Waals surface area contributed by atoms with Gasteiger partial charge in [-0.3, -0.25) is 0 Å². The van der Waals surface area contributed by atoms with Crippen LogP contribution in [0.3, 0.4) is 0 Å². The summed E-state index contributed by atoms with van der Waals surface area (Å²) in [4.78, 5) is 22.3. The van der Waals surface area contributed by atoms with Crippen molar-refractivity contribution < 1.29 is 19.8 Å². The first-order valence-electron chi connectivity index (χ1n) is 3.94. The van der Waals surface area contributed by atoms with E-state index >= 15 is 0 Å². The highest BCUT2D eigenvalue weighted by atomic mass is 16.4. The van der Waals surface area contributed by atoms with E-state index in [0.717, 1.165) is 4.90 Å². The molecule has 1 amide bonds. The van der Waals surface area contributed by atoms with Crippen molar-refractivity contribution in [1.82, 2.24) is 4.90 Å². The molecule has 0 spiro atoms. The largest absolute Gasteiger partial charge is 0.478 e. The van der Waals surface area contributed by atoms with E-state index in [4.69, 9.17) is 10.2 Å². The van der Waals surface area contributed by atoms with Crippen LogP contribution in [0.5, 0.6) is 0 Å². The van der Waals surface area contributed by atoms with Gasteiger partial charge < -0.3 is 15.1 Å². The van der Waals surface area contributed by atoms with Gasteiger partial charge in [0.05, 0.1) is 12.1 Å². The molecule has 0 aromatic carbocycles. The number of amides is 1. The van der Waals surface area contributed by atoms with Crippen LogP contribution in [0.2, 0.25) is 0 Å². The zero-order valence-corrected chi connectivity index (χ0v) is 7.23. The Morgan fingerprint density at radius 1 is 1.54 bits per heavy atom. The van der Waals surface area contributed by atoms with Crippen LogP contribution in [0, 0.1) is 0 Å². The zero-order chi connectivity index (χ0) is 10.0. The zero-order valence-electron chi connectivity index (χ0n) is 7.23. The number of aliphatic carboxylic acids is 1. The minimum absolute atomic E-state index is 0.0220. The predicted octanol–water partition coefficient (Wildman–Crippen LogP) is 0.770. The fourth-order valence-corrected chi connectivity index (χ4v) is 1.26. The molecule has 5 heteroatoms. The molecular weight excluding hydrogens is 174 g/mol. The quantitative estimate of drug-likeness (QED) is 0.632. The van der Waals surface area contributed by atoms with E-state index in [1.54, 1.807) is 13.0 Å². The Balaban J connectivity index is 2.78. The van der Waals surface area contributed by atoms with Gasteiger partial charge in [0.2, 0.25) is 0 Å². The van der Waals surface area contributed by atoms with Gasteiger partial charge in [-0.2, -0.15) is 0 Å². The van der Waals surface area contributed by atoms with Crippen molar-refractivity contribution in [3.05, 3.63) is 11.6 Å². The molecule has 1 atom stereocenters. The molecule has 0 bridgehead atoms. The van der Waals surface area contributed by atoms with Gasteiger partial charge >= 0.3 is 12.1 Å². The Kier molecular flexibility index (Phi) is 2.55. The van der Waals surface area contributed by atoms with E-state index in [9.17, 15) is 9.59 Å². The maximum atomic E-state index is 10.6. The van der Waals surface area contributed by atoms with Crippen LogP contribution in [0.25, 0.3) is 0 Å². The summed E-state index contributed by atoms with van der Waals surface area (Å²) in [5, 5.41) is 17.4.